The molecule has 18 heavy (non-hydrogen) atoms. The Labute approximate surface area is 109 Å². The summed E-state index contributed by atoms with van der Waals surface area (Å²) in [6.07, 6.45) is 4.94. The molecule has 1 aliphatic heterocycles. The lowest BCUT2D eigenvalue weighted by atomic mass is 9.92. The van der Waals surface area contributed by atoms with Gasteiger partial charge in [0, 0.05) is 30.0 Å². The van der Waals surface area contributed by atoms with E-state index in [9.17, 15) is 4.79 Å². The number of aromatic nitrogens is 2. The SMILES string of the molecule is CC1(C(=O)c2c[nH]c3nccc(Cl)c23)CCCO1. The van der Waals surface area contributed by atoms with Crippen molar-refractivity contribution in [3.8, 4) is 0 Å². The fourth-order valence-corrected chi connectivity index (χ4v) is 2.69. The molecule has 1 aliphatic rings. The Morgan fingerprint density at radius 2 is 2.44 bits per heavy atom. The van der Waals surface area contributed by atoms with Gasteiger partial charge in [-0.25, -0.2) is 4.98 Å². The summed E-state index contributed by atoms with van der Waals surface area (Å²) in [5.41, 5.74) is 0.467. The van der Waals surface area contributed by atoms with E-state index in [0.29, 0.717) is 28.2 Å². The third kappa shape index (κ3) is 1.64. The van der Waals surface area contributed by atoms with Crippen LogP contribution >= 0.6 is 11.6 Å². The zero-order valence-electron chi connectivity index (χ0n) is 10.00. The minimum absolute atomic E-state index is 0.0267. The predicted molar refractivity (Wildman–Crippen MR) is 69.0 cm³/mol. The maximum atomic E-state index is 12.6. The van der Waals surface area contributed by atoms with Gasteiger partial charge >= 0.3 is 0 Å². The Kier molecular flexibility index (Phi) is 2.64. The van der Waals surface area contributed by atoms with Crippen LogP contribution < -0.4 is 0 Å². The van der Waals surface area contributed by atoms with E-state index < -0.39 is 5.60 Å². The van der Waals surface area contributed by atoms with Crippen molar-refractivity contribution in [1.82, 2.24) is 9.97 Å². The number of H-pyrrole nitrogens is 1. The summed E-state index contributed by atoms with van der Waals surface area (Å²) in [6.45, 7) is 2.47. The average molecular weight is 265 g/mol. The van der Waals surface area contributed by atoms with E-state index in [1.807, 2.05) is 6.92 Å². The lowest BCUT2D eigenvalue weighted by molar-refractivity contribution is 0.0215. The standard InChI is InChI=1S/C13H13ClN2O2/c1-13(4-2-6-18-13)11(17)8-7-16-12-10(8)9(14)3-5-15-12/h3,5,7H,2,4,6H2,1H3,(H,15,16). The molecule has 1 N–H and O–H groups in total. The lowest BCUT2D eigenvalue weighted by Crippen LogP contribution is -2.34. The van der Waals surface area contributed by atoms with E-state index >= 15 is 0 Å². The molecule has 1 fully saturated rings. The Morgan fingerprint density at radius 3 is 3.17 bits per heavy atom. The van der Waals surface area contributed by atoms with Crippen LogP contribution in [0.1, 0.15) is 30.1 Å². The Morgan fingerprint density at radius 1 is 1.61 bits per heavy atom. The average Bonchev–Trinajstić information content (AvgIpc) is 2.96. The van der Waals surface area contributed by atoms with Crippen LogP contribution in [-0.4, -0.2) is 28.0 Å². The van der Waals surface area contributed by atoms with Crippen LogP contribution in [0.4, 0.5) is 0 Å². The monoisotopic (exact) mass is 264 g/mol. The van der Waals surface area contributed by atoms with Crippen molar-refractivity contribution in [1.29, 1.82) is 0 Å². The van der Waals surface area contributed by atoms with Crippen molar-refractivity contribution in [3.05, 3.63) is 29.0 Å². The van der Waals surface area contributed by atoms with Crippen molar-refractivity contribution in [3.63, 3.8) is 0 Å². The molecule has 0 amide bonds. The summed E-state index contributed by atoms with van der Waals surface area (Å²) in [6, 6.07) is 1.69. The van der Waals surface area contributed by atoms with E-state index in [0.717, 1.165) is 12.8 Å². The molecule has 1 atom stereocenters. The summed E-state index contributed by atoms with van der Waals surface area (Å²) in [5, 5.41) is 1.21. The van der Waals surface area contributed by atoms with Gasteiger partial charge in [-0.15, -0.1) is 0 Å². The van der Waals surface area contributed by atoms with Gasteiger partial charge in [-0.1, -0.05) is 11.6 Å². The Bertz CT molecular complexity index is 614. The van der Waals surface area contributed by atoms with Gasteiger partial charge in [-0.05, 0) is 25.8 Å². The third-order valence-electron chi connectivity index (χ3n) is 3.47. The maximum absolute atomic E-state index is 12.6. The Hall–Kier alpha value is -1.39. The molecule has 0 radical (unpaired) electrons. The number of carbonyl (C=O) groups excluding carboxylic acids is 1. The molecule has 2 aromatic rings. The smallest absolute Gasteiger partial charge is 0.196 e. The number of ether oxygens (including phenoxy) is 1. The molecule has 0 spiro atoms. The fourth-order valence-electron chi connectivity index (χ4n) is 2.44. The van der Waals surface area contributed by atoms with Gasteiger partial charge in [0.2, 0.25) is 0 Å². The van der Waals surface area contributed by atoms with Gasteiger partial charge in [-0.3, -0.25) is 4.79 Å². The second-order valence-electron chi connectivity index (χ2n) is 4.73. The molecule has 4 nitrogen and oxygen atoms in total. The van der Waals surface area contributed by atoms with Crippen LogP contribution in [0.5, 0.6) is 0 Å². The number of ketones is 1. The number of hydrogen-bond donors (Lipinski definition) is 1. The number of fused-ring (bicyclic) bond motifs is 1. The van der Waals surface area contributed by atoms with E-state index in [-0.39, 0.29) is 5.78 Å². The third-order valence-corrected chi connectivity index (χ3v) is 3.78. The van der Waals surface area contributed by atoms with Crippen LogP contribution in [0.25, 0.3) is 11.0 Å². The van der Waals surface area contributed by atoms with E-state index in [1.54, 1.807) is 18.5 Å². The number of aromatic amines is 1. The summed E-state index contributed by atoms with van der Waals surface area (Å²) < 4.78 is 5.59. The van der Waals surface area contributed by atoms with Crippen molar-refractivity contribution in [2.75, 3.05) is 6.61 Å². The maximum Gasteiger partial charge on any atom is 0.196 e. The first-order chi connectivity index (χ1) is 8.62. The number of hydrogen-bond acceptors (Lipinski definition) is 3. The minimum atomic E-state index is -0.728. The minimum Gasteiger partial charge on any atom is -0.367 e. The van der Waals surface area contributed by atoms with E-state index in [1.165, 1.54) is 0 Å². The highest BCUT2D eigenvalue weighted by molar-refractivity contribution is 6.36. The number of Topliss-reactive ketones (excluding diaryl/α,β-unsaturated/α-hetero) is 1. The molecular weight excluding hydrogens is 252 g/mol. The van der Waals surface area contributed by atoms with Gasteiger partial charge < -0.3 is 9.72 Å². The van der Waals surface area contributed by atoms with Crippen LogP contribution in [0.2, 0.25) is 5.02 Å². The van der Waals surface area contributed by atoms with Crippen LogP contribution in [0, 0.1) is 0 Å². The molecule has 1 unspecified atom stereocenters. The molecule has 3 rings (SSSR count). The molecule has 5 heteroatoms. The molecule has 0 aliphatic carbocycles. The number of nitrogens with zero attached hydrogens (tertiary/aromatic N) is 1. The number of nitrogens with one attached hydrogen (secondary N) is 1. The van der Waals surface area contributed by atoms with Crippen LogP contribution in [0.15, 0.2) is 18.5 Å². The Balaban J connectivity index is 2.12. The zero-order chi connectivity index (χ0) is 12.8. The lowest BCUT2D eigenvalue weighted by Gasteiger charge is -2.20. The molecule has 0 saturated carbocycles. The van der Waals surface area contributed by atoms with Gasteiger partial charge in [0.15, 0.2) is 5.78 Å². The zero-order valence-corrected chi connectivity index (χ0v) is 10.8. The number of halogens is 1. The molecule has 1 saturated heterocycles. The summed E-state index contributed by atoms with van der Waals surface area (Å²) in [5.74, 6) is -0.0267. The fraction of sp³-hybridized carbons (Fsp3) is 0.385. The van der Waals surface area contributed by atoms with Gasteiger partial charge in [0.1, 0.15) is 11.2 Å². The molecule has 2 aromatic heterocycles. The first-order valence-electron chi connectivity index (χ1n) is 5.92. The molecule has 0 aromatic carbocycles. The second kappa shape index (κ2) is 4.07. The molecule has 0 bridgehead atoms. The number of carbonyl (C=O) groups is 1. The van der Waals surface area contributed by atoms with Gasteiger partial charge in [-0.2, -0.15) is 0 Å². The highest BCUT2D eigenvalue weighted by atomic mass is 35.5. The van der Waals surface area contributed by atoms with Crippen molar-refractivity contribution in [2.24, 2.45) is 0 Å². The molecule has 3 heterocycles. The predicted octanol–water partition coefficient (Wildman–Crippen LogP) is 2.97. The van der Waals surface area contributed by atoms with Crippen molar-refractivity contribution >= 4 is 28.4 Å². The van der Waals surface area contributed by atoms with Gasteiger partial charge in [0.25, 0.3) is 0 Å². The largest absolute Gasteiger partial charge is 0.367 e. The topological polar surface area (TPSA) is 55.0 Å². The van der Waals surface area contributed by atoms with E-state index in [2.05, 4.69) is 9.97 Å². The molecular formula is C13H13ClN2O2. The summed E-state index contributed by atoms with van der Waals surface area (Å²) in [4.78, 5) is 19.7. The number of rotatable bonds is 2. The van der Waals surface area contributed by atoms with Crippen molar-refractivity contribution < 1.29 is 9.53 Å². The first kappa shape index (κ1) is 11.7. The normalized spacial score (nSPS) is 23.7. The summed E-state index contributed by atoms with van der Waals surface area (Å²) in [7, 11) is 0. The van der Waals surface area contributed by atoms with Crippen molar-refractivity contribution in [2.45, 2.75) is 25.4 Å². The van der Waals surface area contributed by atoms with Gasteiger partial charge in [0.05, 0.1) is 5.02 Å². The van der Waals surface area contributed by atoms with E-state index in [4.69, 9.17) is 16.3 Å². The second-order valence-corrected chi connectivity index (χ2v) is 5.14. The van der Waals surface area contributed by atoms with Crippen LogP contribution in [0.3, 0.4) is 0 Å². The summed E-state index contributed by atoms with van der Waals surface area (Å²) >= 11 is 6.15. The quantitative estimate of drug-likeness (QED) is 0.849. The molecule has 94 valence electrons. The van der Waals surface area contributed by atoms with Crippen LogP contribution in [-0.2, 0) is 4.74 Å². The highest BCUT2D eigenvalue weighted by Crippen LogP contribution is 2.33. The number of pyridine rings is 1. The highest BCUT2D eigenvalue weighted by Gasteiger charge is 2.39. The first-order valence-corrected chi connectivity index (χ1v) is 6.30.